The third-order valence-corrected chi connectivity index (χ3v) is 8.10. The summed E-state index contributed by atoms with van der Waals surface area (Å²) >= 11 is 0. The highest BCUT2D eigenvalue weighted by atomic mass is 32.2. The second kappa shape index (κ2) is 9.51. The molecule has 1 amide bonds. The van der Waals surface area contributed by atoms with E-state index in [1.54, 1.807) is 12.1 Å². The SMILES string of the molecule is CC[C@H](NC(=O)c1cc(S(=O)(=O)N2CCN(C)CC2)ccc1C)c1ccc(C)c(C)c1. The minimum absolute atomic E-state index is 0.135. The first kappa shape index (κ1) is 23.4. The molecule has 3 rings (SSSR count). The van der Waals surface area contributed by atoms with Gasteiger partial charge in [0.15, 0.2) is 0 Å². The number of rotatable bonds is 6. The molecule has 2 aromatic rings. The van der Waals surface area contributed by atoms with Gasteiger partial charge in [-0.25, -0.2) is 8.42 Å². The van der Waals surface area contributed by atoms with E-state index in [0.29, 0.717) is 31.7 Å². The topological polar surface area (TPSA) is 69.7 Å². The lowest BCUT2D eigenvalue weighted by atomic mass is 9.99. The fraction of sp³-hybridized carbons (Fsp3) is 0.458. The van der Waals surface area contributed by atoms with Crippen molar-refractivity contribution in [1.82, 2.24) is 14.5 Å². The van der Waals surface area contributed by atoms with Gasteiger partial charge in [0.25, 0.3) is 5.91 Å². The Morgan fingerprint density at radius 1 is 0.968 bits per heavy atom. The molecule has 1 aliphatic rings. The second-order valence-electron chi connectivity index (χ2n) is 8.46. The summed E-state index contributed by atoms with van der Waals surface area (Å²) in [5, 5.41) is 3.10. The number of piperazine rings is 1. The Morgan fingerprint density at radius 3 is 2.23 bits per heavy atom. The lowest BCUT2D eigenvalue weighted by Gasteiger charge is -2.31. The lowest BCUT2D eigenvalue weighted by Crippen LogP contribution is -2.47. The Labute approximate surface area is 186 Å². The number of nitrogens with one attached hydrogen (secondary N) is 1. The van der Waals surface area contributed by atoms with Gasteiger partial charge in [0, 0.05) is 31.7 Å². The van der Waals surface area contributed by atoms with Crippen molar-refractivity contribution in [3.8, 4) is 0 Å². The molecule has 168 valence electrons. The van der Waals surface area contributed by atoms with Gasteiger partial charge in [-0.15, -0.1) is 0 Å². The van der Waals surface area contributed by atoms with Crippen LogP contribution in [0.3, 0.4) is 0 Å². The monoisotopic (exact) mass is 443 g/mol. The Balaban J connectivity index is 1.85. The van der Waals surface area contributed by atoms with Crippen LogP contribution in [-0.2, 0) is 10.0 Å². The van der Waals surface area contributed by atoms with Crippen molar-refractivity contribution < 1.29 is 13.2 Å². The van der Waals surface area contributed by atoms with Gasteiger partial charge in [0.1, 0.15) is 0 Å². The summed E-state index contributed by atoms with van der Waals surface area (Å²) in [6, 6.07) is 10.9. The molecule has 0 spiro atoms. The highest BCUT2D eigenvalue weighted by Crippen LogP contribution is 2.23. The number of likely N-dealkylation sites (N-methyl/N-ethyl adjacent to an activating group) is 1. The maximum atomic E-state index is 13.1. The summed E-state index contributed by atoms with van der Waals surface area (Å²) in [6.07, 6.45) is 0.743. The van der Waals surface area contributed by atoms with E-state index in [2.05, 4.69) is 36.2 Å². The maximum Gasteiger partial charge on any atom is 0.252 e. The number of hydrogen-bond acceptors (Lipinski definition) is 4. The number of nitrogens with zero attached hydrogens (tertiary/aromatic N) is 2. The fourth-order valence-electron chi connectivity index (χ4n) is 3.82. The van der Waals surface area contributed by atoms with Crippen molar-refractivity contribution >= 4 is 15.9 Å². The van der Waals surface area contributed by atoms with Crippen LogP contribution in [0.2, 0.25) is 0 Å². The molecule has 7 heteroatoms. The van der Waals surface area contributed by atoms with Crippen LogP contribution in [0.4, 0.5) is 0 Å². The normalized spacial score (nSPS) is 16.8. The molecule has 1 aliphatic heterocycles. The third-order valence-electron chi connectivity index (χ3n) is 6.20. The van der Waals surface area contributed by atoms with Crippen molar-refractivity contribution in [2.24, 2.45) is 0 Å². The molecule has 0 unspecified atom stereocenters. The fourth-order valence-corrected chi connectivity index (χ4v) is 5.27. The number of amides is 1. The summed E-state index contributed by atoms with van der Waals surface area (Å²) in [5.41, 5.74) is 4.60. The number of carbonyl (C=O) groups is 1. The molecule has 1 saturated heterocycles. The van der Waals surface area contributed by atoms with Gasteiger partial charge in [-0.2, -0.15) is 4.31 Å². The van der Waals surface area contributed by atoms with Crippen molar-refractivity contribution in [3.63, 3.8) is 0 Å². The van der Waals surface area contributed by atoms with Gasteiger partial charge >= 0.3 is 0 Å². The summed E-state index contributed by atoms with van der Waals surface area (Å²) < 4.78 is 27.8. The molecule has 0 aromatic heterocycles. The Kier molecular flexibility index (Phi) is 7.19. The van der Waals surface area contributed by atoms with Gasteiger partial charge < -0.3 is 10.2 Å². The van der Waals surface area contributed by atoms with Gasteiger partial charge in [0.2, 0.25) is 10.0 Å². The quantitative estimate of drug-likeness (QED) is 0.743. The first-order valence-electron chi connectivity index (χ1n) is 10.8. The minimum Gasteiger partial charge on any atom is -0.345 e. The zero-order valence-electron chi connectivity index (χ0n) is 19.1. The number of sulfonamides is 1. The van der Waals surface area contributed by atoms with E-state index in [1.165, 1.54) is 21.5 Å². The predicted octanol–water partition coefficient (Wildman–Crippen LogP) is 3.43. The van der Waals surface area contributed by atoms with Gasteiger partial charge in [-0.05, 0) is 68.6 Å². The molecule has 0 bridgehead atoms. The Morgan fingerprint density at radius 2 is 1.61 bits per heavy atom. The Hall–Kier alpha value is -2.22. The van der Waals surface area contributed by atoms with Gasteiger partial charge in [-0.1, -0.05) is 31.2 Å². The summed E-state index contributed by atoms with van der Waals surface area (Å²) in [6.45, 7) is 10.3. The molecule has 6 nitrogen and oxygen atoms in total. The van der Waals surface area contributed by atoms with E-state index in [9.17, 15) is 13.2 Å². The van der Waals surface area contributed by atoms with Crippen LogP contribution >= 0.6 is 0 Å². The minimum atomic E-state index is -3.63. The zero-order chi connectivity index (χ0) is 22.8. The van der Waals surface area contributed by atoms with Crippen LogP contribution in [0.1, 0.15) is 52.0 Å². The van der Waals surface area contributed by atoms with Crippen LogP contribution in [0.5, 0.6) is 0 Å². The standard InChI is InChI=1S/C24H33N3O3S/c1-6-23(20-9-7-17(2)19(4)15-20)25-24(28)22-16-21(10-8-18(22)3)31(29,30)27-13-11-26(5)12-14-27/h7-10,15-16,23H,6,11-14H2,1-5H3,(H,25,28)/t23-/m0/s1. The molecule has 2 aromatic carbocycles. The molecule has 0 aliphatic carbocycles. The summed E-state index contributed by atoms with van der Waals surface area (Å²) in [5.74, 6) is -0.252. The predicted molar refractivity (Wildman–Crippen MR) is 124 cm³/mol. The van der Waals surface area contributed by atoms with E-state index in [0.717, 1.165) is 17.5 Å². The van der Waals surface area contributed by atoms with Crippen molar-refractivity contribution in [3.05, 3.63) is 64.2 Å². The van der Waals surface area contributed by atoms with E-state index in [-0.39, 0.29) is 16.8 Å². The first-order chi connectivity index (χ1) is 14.6. The molecule has 0 radical (unpaired) electrons. The molecule has 0 saturated carbocycles. The van der Waals surface area contributed by atoms with Crippen LogP contribution in [0, 0.1) is 20.8 Å². The van der Waals surface area contributed by atoms with Crippen LogP contribution in [0.15, 0.2) is 41.3 Å². The highest BCUT2D eigenvalue weighted by molar-refractivity contribution is 7.89. The van der Waals surface area contributed by atoms with Crippen LogP contribution in [-0.4, -0.2) is 56.8 Å². The number of carbonyl (C=O) groups excluding carboxylic acids is 1. The molecule has 1 heterocycles. The van der Waals surface area contributed by atoms with Gasteiger partial charge in [-0.3, -0.25) is 4.79 Å². The molecular weight excluding hydrogens is 410 g/mol. The summed E-state index contributed by atoms with van der Waals surface area (Å²) in [7, 11) is -1.64. The number of benzene rings is 2. The van der Waals surface area contributed by atoms with E-state index < -0.39 is 10.0 Å². The average molecular weight is 444 g/mol. The molecule has 31 heavy (non-hydrogen) atoms. The van der Waals surface area contributed by atoms with Gasteiger partial charge in [0.05, 0.1) is 10.9 Å². The lowest BCUT2D eigenvalue weighted by molar-refractivity contribution is 0.0934. The average Bonchev–Trinajstić information content (AvgIpc) is 2.74. The largest absolute Gasteiger partial charge is 0.345 e. The van der Waals surface area contributed by atoms with Crippen molar-refractivity contribution in [2.75, 3.05) is 33.2 Å². The Bertz CT molecular complexity index is 1060. The number of hydrogen-bond donors (Lipinski definition) is 1. The van der Waals surface area contributed by atoms with E-state index in [1.807, 2.05) is 27.0 Å². The van der Waals surface area contributed by atoms with Crippen LogP contribution < -0.4 is 5.32 Å². The first-order valence-corrected chi connectivity index (χ1v) is 12.2. The highest BCUT2D eigenvalue weighted by Gasteiger charge is 2.28. The van der Waals surface area contributed by atoms with Crippen molar-refractivity contribution in [2.45, 2.75) is 45.1 Å². The second-order valence-corrected chi connectivity index (χ2v) is 10.4. The molecule has 1 atom stereocenters. The maximum absolute atomic E-state index is 13.1. The smallest absolute Gasteiger partial charge is 0.252 e. The zero-order valence-corrected chi connectivity index (χ0v) is 19.9. The molecule has 1 N–H and O–H groups in total. The van der Waals surface area contributed by atoms with Crippen molar-refractivity contribution in [1.29, 1.82) is 0 Å². The molecular formula is C24H33N3O3S. The van der Waals surface area contributed by atoms with E-state index >= 15 is 0 Å². The van der Waals surface area contributed by atoms with E-state index in [4.69, 9.17) is 0 Å². The van der Waals surface area contributed by atoms with Crippen LogP contribution in [0.25, 0.3) is 0 Å². The number of aryl methyl sites for hydroxylation is 3. The molecule has 1 fully saturated rings. The summed E-state index contributed by atoms with van der Waals surface area (Å²) in [4.78, 5) is 15.4. The third kappa shape index (κ3) is 5.17.